The zero-order valence-electron chi connectivity index (χ0n) is 23.4. The smallest absolute Gasteiger partial charge is 0.262 e. The first kappa shape index (κ1) is 27.0. The van der Waals surface area contributed by atoms with E-state index in [-0.39, 0.29) is 23.7 Å². The highest BCUT2D eigenvalue weighted by molar-refractivity contribution is 5.84. The molecule has 5 nitrogen and oxygen atoms in total. The van der Waals surface area contributed by atoms with E-state index in [0.717, 1.165) is 36.8 Å². The Kier molecular flexibility index (Phi) is 8.24. The molecule has 1 aliphatic heterocycles. The van der Waals surface area contributed by atoms with E-state index < -0.39 is 0 Å². The number of aromatic nitrogens is 2. The molecule has 41 heavy (non-hydrogen) atoms. The van der Waals surface area contributed by atoms with E-state index in [4.69, 9.17) is 10.5 Å². The number of nitrogens with two attached hydrogens (primary N) is 1. The van der Waals surface area contributed by atoms with Gasteiger partial charge in [-0.25, -0.2) is 4.98 Å². The van der Waals surface area contributed by atoms with Crippen molar-refractivity contribution in [2.45, 2.75) is 63.7 Å². The monoisotopic (exact) mass is 543 g/mol. The summed E-state index contributed by atoms with van der Waals surface area (Å²) in [5, 5.41) is 0.577. The molecule has 2 N–H and O–H groups in total. The summed E-state index contributed by atoms with van der Waals surface area (Å²) in [6.07, 6.45) is 7.67. The Bertz CT molecular complexity index is 1650. The Morgan fingerprint density at radius 2 is 1.41 bits per heavy atom. The molecule has 0 bridgehead atoms. The quantitative estimate of drug-likeness (QED) is 0.185. The van der Waals surface area contributed by atoms with Gasteiger partial charge in [0.1, 0.15) is 0 Å². The molecule has 0 aliphatic carbocycles. The molecular weight excluding hydrogens is 506 g/mol. The normalized spacial score (nSPS) is 16.8. The van der Waals surface area contributed by atoms with Gasteiger partial charge in [-0.15, -0.1) is 0 Å². The number of unbranched alkanes of at least 4 members (excludes halogenated alkanes) is 2. The van der Waals surface area contributed by atoms with Crippen LogP contribution in [0.15, 0.2) is 108 Å². The topological polar surface area (TPSA) is 70.1 Å². The molecule has 0 unspecified atom stereocenters. The van der Waals surface area contributed by atoms with Crippen LogP contribution in [0.2, 0.25) is 0 Å². The van der Waals surface area contributed by atoms with Crippen LogP contribution in [0.4, 0.5) is 5.95 Å². The number of ether oxygens (including phenoxy) is 1. The Labute approximate surface area is 241 Å². The van der Waals surface area contributed by atoms with Crippen molar-refractivity contribution in [3.63, 3.8) is 0 Å². The third-order valence-electron chi connectivity index (χ3n) is 8.21. The molecule has 2 heterocycles. The largest absolute Gasteiger partial charge is 0.369 e. The molecule has 0 spiro atoms. The fourth-order valence-corrected chi connectivity index (χ4v) is 5.89. The van der Waals surface area contributed by atoms with Crippen LogP contribution in [0.1, 0.15) is 54.9 Å². The van der Waals surface area contributed by atoms with Crippen LogP contribution >= 0.6 is 0 Å². The number of anilines is 1. The summed E-state index contributed by atoms with van der Waals surface area (Å²) in [7, 11) is 0. The van der Waals surface area contributed by atoms with Crippen molar-refractivity contribution >= 4 is 16.9 Å². The zero-order valence-corrected chi connectivity index (χ0v) is 23.4. The molecule has 1 saturated heterocycles. The highest BCUT2D eigenvalue weighted by Gasteiger charge is 2.27. The average Bonchev–Trinajstić information content (AvgIpc) is 3.49. The third-order valence-corrected chi connectivity index (χ3v) is 8.21. The average molecular weight is 544 g/mol. The number of aryl methyl sites for hydroxylation is 2. The van der Waals surface area contributed by atoms with Gasteiger partial charge >= 0.3 is 0 Å². The van der Waals surface area contributed by atoms with Crippen LogP contribution in [-0.2, 0) is 24.1 Å². The molecule has 208 valence electrons. The van der Waals surface area contributed by atoms with Crippen LogP contribution in [0.25, 0.3) is 22.0 Å². The van der Waals surface area contributed by atoms with Gasteiger partial charge in [-0.1, -0.05) is 97.4 Å². The van der Waals surface area contributed by atoms with Crippen molar-refractivity contribution in [1.82, 2.24) is 9.55 Å². The summed E-state index contributed by atoms with van der Waals surface area (Å²) in [6, 6.07) is 35.5. The van der Waals surface area contributed by atoms with Crippen molar-refractivity contribution in [2.75, 3.05) is 5.73 Å². The molecule has 1 aliphatic rings. The van der Waals surface area contributed by atoms with E-state index in [1.807, 2.05) is 36.4 Å². The predicted octanol–water partition coefficient (Wildman–Crippen LogP) is 7.52. The molecule has 1 fully saturated rings. The van der Waals surface area contributed by atoms with Crippen LogP contribution < -0.4 is 11.3 Å². The number of fused-ring (bicyclic) bond motifs is 1. The van der Waals surface area contributed by atoms with E-state index in [1.54, 1.807) is 4.57 Å². The van der Waals surface area contributed by atoms with E-state index in [1.165, 1.54) is 36.0 Å². The number of hydrogen-bond donors (Lipinski definition) is 1. The molecule has 6 rings (SSSR count). The molecule has 2 atom stereocenters. The Morgan fingerprint density at radius 1 is 0.756 bits per heavy atom. The van der Waals surface area contributed by atoms with Crippen molar-refractivity contribution in [2.24, 2.45) is 0 Å². The Balaban J connectivity index is 1.08. The highest BCUT2D eigenvalue weighted by Crippen LogP contribution is 2.33. The Morgan fingerprint density at radius 3 is 2.15 bits per heavy atom. The summed E-state index contributed by atoms with van der Waals surface area (Å²) in [4.78, 5) is 18.0. The maximum Gasteiger partial charge on any atom is 0.262 e. The second-order valence-corrected chi connectivity index (χ2v) is 11.1. The summed E-state index contributed by atoms with van der Waals surface area (Å²) in [6.45, 7) is 0.409. The van der Waals surface area contributed by atoms with Crippen molar-refractivity contribution in [1.29, 1.82) is 0 Å². The first-order valence-corrected chi connectivity index (χ1v) is 14.8. The molecule has 0 radical (unpaired) electrons. The second kappa shape index (κ2) is 12.5. The minimum absolute atomic E-state index is 0.0557. The van der Waals surface area contributed by atoms with Crippen molar-refractivity contribution < 1.29 is 4.74 Å². The molecule has 5 heteroatoms. The van der Waals surface area contributed by atoms with Gasteiger partial charge in [-0.05, 0) is 78.5 Å². The lowest BCUT2D eigenvalue weighted by Gasteiger charge is -2.17. The lowest BCUT2D eigenvalue weighted by molar-refractivity contribution is 0.0348. The summed E-state index contributed by atoms with van der Waals surface area (Å²) >= 11 is 0. The van der Waals surface area contributed by atoms with Crippen LogP contribution in [0.5, 0.6) is 0 Å². The zero-order chi connectivity index (χ0) is 28.0. The van der Waals surface area contributed by atoms with Gasteiger partial charge in [-0.2, -0.15) is 0 Å². The van der Waals surface area contributed by atoms with Gasteiger partial charge in [0.25, 0.3) is 5.56 Å². The summed E-state index contributed by atoms with van der Waals surface area (Å²) < 4.78 is 7.84. The fraction of sp³-hybridized carbons (Fsp3) is 0.278. The molecular formula is C36H37N3O2. The van der Waals surface area contributed by atoms with Gasteiger partial charge < -0.3 is 10.5 Å². The van der Waals surface area contributed by atoms with E-state index in [2.05, 4.69) is 71.7 Å². The maximum atomic E-state index is 13.4. The van der Waals surface area contributed by atoms with Crippen molar-refractivity contribution in [3.8, 4) is 11.1 Å². The number of benzene rings is 4. The number of rotatable bonds is 10. The van der Waals surface area contributed by atoms with Gasteiger partial charge in [0.05, 0.1) is 29.7 Å². The third kappa shape index (κ3) is 6.41. The lowest BCUT2D eigenvalue weighted by Crippen LogP contribution is -2.29. The molecule has 0 saturated carbocycles. The number of nitrogen functional groups attached to an aromatic ring is 1. The SMILES string of the molecule is Nc1nc2cc(-c3ccc(CCCCCc4ccccc4)cc3)ccc2c(=O)n1C[C@@H]1CC[C@H](c2ccccc2)O1. The van der Waals surface area contributed by atoms with E-state index in [0.29, 0.717) is 17.4 Å². The molecule has 4 aromatic carbocycles. The van der Waals surface area contributed by atoms with Gasteiger partial charge in [-0.3, -0.25) is 9.36 Å². The predicted molar refractivity (Wildman–Crippen MR) is 167 cm³/mol. The standard InChI is InChI=1S/C36H37N3O2/c37-36-38-33-24-30(28-18-16-27(17-19-28)13-7-2-6-12-26-10-4-1-5-11-26)20-22-32(33)35(40)39(36)25-31-21-23-34(41-31)29-14-8-3-9-15-29/h1,3-5,8-11,14-20,22,24,31,34H,2,6-7,12-13,21,23,25H2,(H2,37,38)/t31-,34+/m0/s1. The first-order valence-electron chi connectivity index (χ1n) is 14.8. The van der Waals surface area contributed by atoms with Gasteiger partial charge in [0, 0.05) is 0 Å². The molecule has 0 amide bonds. The fourth-order valence-electron chi connectivity index (χ4n) is 5.89. The minimum Gasteiger partial charge on any atom is -0.369 e. The van der Waals surface area contributed by atoms with E-state index >= 15 is 0 Å². The van der Waals surface area contributed by atoms with Crippen LogP contribution in [-0.4, -0.2) is 15.7 Å². The highest BCUT2D eigenvalue weighted by atomic mass is 16.5. The second-order valence-electron chi connectivity index (χ2n) is 11.1. The number of nitrogens with zero attached hydrogens (tertiary/aromatic N) is 2. The van der Waals surface area contributed by atoms with Crippen LogP contribution in [0.3, 0.4) is 0 Å². The van der Waals surface area contributed by atoms with E-state index in [9.17, 15) is 4.79 Å². The number of hydrogen-bond acceptors (Lipinski definition) is 4. The lowest BCUT2D eigenvalue weighted by atomic mass is 9.99. The Hall–Kier alpha value is -4.22. The van der Waals surface area contributed by atoms with Crippen molar-refractivity contribution in [3.05, 3.63) is 130 Å². The summed E-state index contributed by atoms with van der Waals surface area (Å²) in [5.41, 5.74) is 12.9. The van der Waals surface area contributed by atoms with Gasteiger partial charge in [0.15, 0.2) is 0 Å². The summed E-state index contributed by atoms with van der Waals surface area (Å²) in [5.74, 6) is 0.231. The minimum atomic E-state index is -0.117. The molecule has 1 aromatic heterocycles. The first-order chi connectivity index (χ1) is 20.1. The van der Waals surface area contributed by atoms with Gasteiger partial charge in [0.2, 0.25) is 5.95 Å². The van der Waals surface area contributed by atoms with Crippen LogP contribution in [0, 0.1) is 0 Å². The molecule has 5 aromatic rings. The maximum absolute atomic E-state index is 13.4.